The molecule has 94 valence electrons. The van der Waals surface area contributed by atoms with E-state index in [2.05, 4.69) is 24.9 Å². The first-order valence-corrected chi connectivity index (χ1v) is 5.96. The Hall–Kier alpha value is -1.90. The number of nitrogens with zero attached hydrogens (tertiary/aromatic N) is 1. The molecule has 0 spiro atoms. The first-order chi connectivity index (χ1) is 8.56. The van der Waals surface area contributed by atoms with Gasteiger partial charge in [-0.3, -0.25) is 0 Å². The van der Waals surface area contributed by atoms with Gasteiger partial charge in [0.25, 0.3) is 0 Å². The predicted octanol–water partition coefficient (Wildman–Crippen LogP) is 4.44. The van der Waals surface area contributed by atoms with Gasteiger partial charge in [-0.25, -0.2) is 4.98 Å². The van der Waals surface area contributed by atoms with Gasteiger partial charge in [0.1, 0.15) is 11.5 Å². The average Bonchev–Trinajstić information content (AvgIpc) is 2.31. The van der Waals surface area contributed by atoms with Gasteiger partial charge in [0.2, 0.25) is 5.95 Å². The zero-order valence-corrected chi connectivity index (χ0v) is 10.8. The van der Waals surface area contributed by atoms with Gasteiger partial charge in [-0.15, -0.1) is 0 Å². The van der Waals surface area contributed by atoms with E-state index in [0.29, 0.717) is 11.7 Å². The van der Waals surface area contributed by atoms with E-state index in [1.54, 1.807) is 6.07 Å². The minimum absolute atomic E-state index is 0.433. The number of ether oxygens (including phenoxy) is 1. The molecule has 0 N–H and O–H groups in total. The number of rotatable bonds is 3. The predicted molar refractivity (Wildman–Crippen MR) is 69.5 cm³/mol. The number of benzene rings is 1. The van der Waals surface area contributed by atoms with Crippen molar-refractivity contribution >= 4 is 0 Å². The molecule has 0 amide bonds. The summed E-state index contributed by atoms with van der Waals surface area (Å²) in [6, 6.07) is 9.02. The molecule has 0 saturated heterocycles. The third-order valence-corrected chi connectivity index (χ3v) is 2.80. The first-order valence-electron chi connectivity index (χ1n) is 5.96. The van der Waals surface area contributed by atoms with Crippen molar-refractivity contribution in [2.45, 2.75) is 26.7 Å². The van der Waals surface area contributed by atoms with Crippen LogP contribution >= 0.6 is 0 Å². The summed E-state index contributed by atoms with van der Waals surface area (Å²) in [6.07, 6.45) is 1.40. The minimum atomic E-state index is -0.537. The van der Waals surface area contributed by atoms with Gasteiger partial charge in [0.05, 0.1) is 0 Å². The van der Waals surface area contributed by atoms with E-state index in [4.69, 9.17) is 4.74 Å². The largest absolute Gasteiger partial charge is 0.457 e. The number of hydrogen-bond donors (Lipinski definition) is 0. The van der Waals surface area contributed by atoms with Crippen LogP contribution in [0, 0.1) is 12.9 Å². The molecule has 2 nitrogen and oxygen atoms in total. The Morgan fingerprint density at radius 3 is 2.61 bits per heavy atom. The monoisotopic (exact) mass is 245 g/mol. The Kier molecular flexibility index (Phi) is 3.60. The van der Waals surface area contributed by atoms with Crippen LogP contribution in [0.15, 0.2) is 36.5 Å². The fourth-order valence-corrected chi connectivity index (χ4v) is 1.66. The Morgan fingerprint density at radius 1 is 1.17 bits per heavy atom. The second-order valence-electron chi connectivity index (χ2n) is 4.60. The fourth-order valence-electron chi connectivity index (χ4n) is 1.66. The highest BCUT2D eigenvalue weighted by Gasteiger charge is 2.06. The van der Waals surface area contributed by atoms with Crippen LogP contribution < -0.4 is 4.74 Å². The van der Waals surface area contributed by atoms with E-state index in [1.807, 2.05) is 19.1 Å². The lowest BCUT2D eigenvalue weighted by Crippen LogP contribution is -1.93. The zero-order chi connectivity index (χ0) is 13.1. The number of aromatic nitrogens is 1. The van der Waals surface area contributed by atoms with Crippen molar-refractivity contribution in [3.63, 3.8) is 0 Å². The highest BCUT2D eigenvalue weighted by molar-refractivity contribution is 5.40. The fraction of sp³-hybridized carbons (Fsp3) is 0.267. The maximum Gasteiger partial charge on any atom is 0.216 e. The molecule has 0 radical (unpaired) electrons. The third kappa shape index (κ3) is 2.86. The molecule has 2 rings (SSSR count). The molecule has 1 aromatic carbocycles. The van der Waals surface area contributed by atoms with E-state index in [1.165, 1.54) is 17.8 Å². The molecule has 0 atom stereocenters. The van der Waals surface area contributed by atoms with Crippen LogP contribution in [-0.4, -0.2) is 4.98 Å². The SMILES string of the molecule is Cc1ccc(C(C)C)cc1Oc1ccnc(F)c1. The Morgan fingerprint density at radius 2 is 1.94 bits per heavy atom. The molecule has 0 aliphatic heterocycles. The lowest BCUT2D eigenvalue weighted by Gasteiger charge is -2.12. The Labute approximate surface area is 106 Å². The van der Waals surface area contributed by atoms with Crippen molar-refractivity contribution in [1.82, 2.24) is 4.98 Å². The standard InChI is InChI=1S/C15H16FNO/c1-10(2)12-5-4-11(3)14(8-12)18-13-6-7-17-15(16)9-13/h4-10H,1-3H3. The molecule has 1 aromatic heterocycles. The van der Waals surface area contributed by atoms with Crippen molar-refractivity contribution in [3.8, 4) is 11.5 Å². The third-order valence-electron chi connectivity index (χ3n) is 2.80. The molecule has 1 heterocycles. The molecule has 18 heavy (non-hydrogen) atoms. The molecule has 0 aliphatic carbocycles. The summed E-state index contributed by atoms with van der Waals surface area (Å²) >= 11 is 0. The number of pyridine rings is 1. The quantitative estimate of drug-likeness (QED) is 0.745. The summed E-state index contributed by atoms with van der Waals surface area (Å²) in [7, 11) is 0. The highest BCUT2D eigenvalue weighted by atomic mass is 19.1. The van der Waals surface area contributed by atoms with Crippen molar-refractivity contribution < 1.29 is 9.13 Å². The molecule has 2 aromatic rings. The van der Waals surface area contributed by atoms with Crippen LogP contribution in [0.4, 0.5) is 4.39 Å². The number of hydrogen-bond acceptors (Lipinski definition) is 2. The Bertz CT molecular complexity index is 552. The van der Waals surface area contributed by atoms with Crippen LogP contribution in [0.25, 0.3) is 0 Å². The molecular weight excluding hydrogens is 229 g/mol. The van der Waals surface area contributed by atoms with Gasteiger partial charge in [-0.05, 0) is 36.1 Å². The topological polar surface area (TPSA) is 22.1 Å². The summed E-state index contributed by atoms with van der Waals surface area (Å²) in [4.78, 5) is 3.50. The summed E-state index contributed by atoms with van der Waals surface area (Å²) in [5.41, 5.74) is 2.22. The second kappa shape index (κ2) is 5.17. The summed E-state index contributed by atoms with van der Waals surface area (Å²) in [5.74, 6) is 1.12. The van der Waals surface area contributed by atoms with Crippen LogP contribution in [0.5, 0.6) is 11.5 Å². The average molecular weight is 245 g/mol. The summed E-state index contributed by atoms with van der Waals surface area (Å²) in [5, 5.41) is 0. The molecular formula is C15H16FNO. The zero-order valence-electron chi connectivity index (χ0n) is 10.8. The van der Waals surface area contributed by atoms with Crippen LogP contribution in [0.3, 0.4) is 0 Å². The summed E-state index contributed by atoms with van der Waals surface area (Å²) < 4.78 is 18.7. The van der Waals surface area contributed by atoms with Crippen molar-refractivity contribution in [1.29, 1.82) is 0 Å². The van der Waals surface area contributed by atoms with E-state index in [-0.39, 0.29) is 0 Å². The van der Waals surface area contributed by atoms with Crippen molar-refractivity contribution in [2.24, 2.45) is 0 Å². The number of aryl methyl sites for hydroxylation is 1. The Balaban J connectivity index is 2.30. The van der Waals surface area contributed by atoms with Gasteiger partial charge in [0.15, 0.2) is 0 Å². The second-order valence-corrected chi connectivity index (χ2v) is 4.60. The van der Waals surface area contributed by atoms with Crippen molar-refractivity contribution in [3.05, 3.63) is 53.6 Å². The van der Waals surface area contributed by atoms with Gasteiger partial charge >= 0.3 is 0 Å². The van der Waals surface area contributed by atoms with E-state index >= 15 is 0 Å². The maximum absolute atomic E-state index is 13.0. The molecule has 0 saturated carbocycles. The highest BCUT2D eigenvalue weighted by Crippen LogP contribution is 2.28. The first kappa shape index (κ1) is 12.6. The summed E-state index contributed by atoms with van der Waals surface area (Å²) in [6.45, 7) is 6.22. The van der Waals surface area contributed by atoms with Gasteiger partial charge in [-0.1, -0.05) is 26.0 Å². The molecule has 0 aliphatic rings. The van der Waals surface area contributed by atoms with Crippen LogP contribution in [-0.2, 0) is 0 Å². The van der Waals surface area contributed by atoms with E-state index in [0.717, 1.165) is 11.3 Å². The molecule has 0 bridgehead atoms. The van der Waals surface area contributed by atoms with E-state index < -0.39 is 5.95 Å². The molecule has 0 fully saturated rings. The lowest BCUT2D eigenvalue weighted by molar-refractivity contribution is 0.468. The van der Waals surface area contributed by atoms with Gasteiger partial charge in [0, 0.05) is 12.3 Å². The normalized spacial score (nSPS) is 10.7. The van der Waals surface area contributed by atoms with E-state index in [9.17, 15) is 4.39 Å². The molecule has 3 heteroatoms. The lowest BCUT2D eigenvalue weighted by atomic mass is 10.0. The minimum Gasteiger partial charge on any atom is -0.457 e. The number of halogens is 1. The van der Waals surface area contributed by atoms with Crippen molar-refractivity contribution in [2.75, 3.05) is 0 Å². The van der Waals surface area contributed by atoms with Crippen LogP contribution in [0.2, 0.25) is 0 Å². The van der Waals surface area contributed by atoms with Gasteiger partial charge < -0.3 is 4.74 Å². The molecule has 0 unspecified atom stereocenters. The smallest absolute Gasteiger partial charge is 0.216 e. The van der Waals surface area contributed by atoms with Crippen LogP contribution in [0.1, 0.15) is 30.9 Å². The van der Waals surface area contributed by atoms with Gasteiger partial charge in [-0.2, -0.15) is 4.39 Å². The maximum atomic E-state index is 13.0.